The van der Waals surface area contributed by atoms with Crippen LogP contribution in [0.15, 0.2) is 48.7 Å². The molecule has 0 radical (unpaired) electrons. The topological polar surface area (TPSA) is 184 Å². The van der Waals surface area contributed by atoms with Gasteiger partial charge in [-0.25, -0.2) is 19.6 Å². The van der Waals surface area contributed by atoms with Crippen molar-refractivity contribution in [1.29, 1.82) is 0 Å². The molecular formula is C39H50N8O7. The lowest BCUT2D eigenvalue weighted by molar-refractivity contribution is -0.136. The second-order valence-electron chi connectivity index (χ2n) is 14.6. The molecule has 2 aliphatic rings. The number of hydrogen-bond acceptors (Lipinski definition) is 9. The van der Waals surface area contributed by atoms with Crippen molar-refractivity contribution < 1.29 is 33.4 Å². The first kappa shape index (κ1) is 38.1. The highest BCUT2D eigenvalue weighted by Gasteiger charge is 2.39. The Hall–Kier alpha value is -5.60. The van der Waals surface area contributed by atoms with Crippen LogP contribution in [0.1, 0.15) is 82.7 Å². The smallest absolute Gasteiger partial charge is 0.407 e. The number of amides is 4. The van der Waals surface area contributed by atoms with E-state index in [2.05, 4.69) is 25.6 Å². The van der Waals surface area contributed by atoms with E-state index >= 15 is 0 Å². The van der Waals surface area contributed by atoms with Crippen LogP contribution in [0, 0.1) is 11.8 Å². The molecule has 0 bridgehead atoms. The summed E-state index contributed by atoms with van der Waals surface area (Å²) in [5.41, 5.74) is 4.36. The fourth-order valence-electron chi connectivity index (χ4n) is 7.26. The van der Waals surface area contributed by atoms with Crippen molar-refractivity contribution in [3.05, 3.63) is 65.9 Å². The molecule has 4 atom stereocenters. The first-order valence-corrected chi connectivity index (χ1v) is 18.5. The molecule has 15 nitrogen and oxygen atoms in total. The minimum atomic E-state index is -0.695. The Morgan fingerprint density at radius 3 is 1.93 bits per heavy atom. The average molecular weight is 743 g/mol. The number of rotatable bonds is 12. The number of imidazole rings is 2. The standard InChI is InChI=1S/C39H50N8O7/c1-22(2)32(44-38(50)52-5)36(48)46-17-7-9-30(46)34-40-20-29(43-34)25-12-14-26(15-13-25)54-21-24-11-16-27-28(19-24)42-35(41-27)31-10-8-18-47(31)37(49)33(23(3)4)45-39(51)53-6/h11-16,19-20,22-23,30-33H,7-10,17-18,21H2,1-6H3,(H,40,43)(H,41,42)(H,44,50)(H,45,51)/t30-,31-,32-,33-/m0/s1. The van der Waals surface area contributed by atoms with E-state index in [1.165, 1.54) is 14.2 Å². The normalized spacial score (nSPS) is 18.2. The van der Waals surface area contributed by atoms with E-state index in [1.807, 2.05) is 70.2 Å². The molecule has 4 aromatic rings. The lowest BCUT2D eigenvalue weighted by Gasteiger charge is -2.30. The summed E-state index contributed by atoms with van der Waals surface area (Å²) in [5, 5.41) is 5.37. The molecule has 0 aliphatic carbocycles. The summed E-state index contributed by atoms with van der Waals surface area (Å²) in [6, 6.07) is 11.8. The highest BCUT2D eigenvalue weighted by molar-refractivity contribution is 5.87. The van der Waals surface area contributed by atoms with E-state index in [0.717, 1.165) is 59.4 Å². The van der Waals surface area contributed by atoms with Crippen molar-refractivity contribution in [1.82, 2.24) is 40.4 Å². The van der Waals surface area contributed by atoms with Crippen LogP contribution in [0.4, 0.5) is 9.59 Å². The summed E-state index contributed by atoms with van der Waals surface area (Å²) in [6.07, 6.45) is 3.74. The molecular weight excluding hydrogens is 692 g/mol. The van der Waals surface area contributed by atoms with Crippen molar-refractivity contribution in [2.24, 2.45) is 11.8 Å². The Morgan fingerprint density at radius 1 is 0.796 bits per heavy atom. The van der Waals surface area contributed by atoms with Crippen molar-refractivity contribution in [2.45, 2.75) is 84.2 Å². The molecule has 4 amide bonds. The summed E-state index contributed by atoms with van der Waals surface area (Å²) >= 11 is 0. The molecule has 0 saturated carbocycles. The number of carbonyl (C=O) groups is 4. The third kappa shape index (κ3) is 8.29. The minimum Gasteiger partial charge on any atom is -0.489 e. The Labute approximate surface area is 314 Å². The first-order valence-electron chi connectivity index (χ1n) is 18.5. The fraction of sp³-hybridized carbons (Fsp3) is 0.487. The van der Waals surface area contributed by atoms with Gasteiger partial charge in [-0.15, -0.1) is 0 Å². The number of benzene rings is 2. The second-order valence-corrected chi connectivity index (χ2v) is 14.6. The van der Waals surface area contributed by atoms with Gasteiger partial charge < -0.3 is 44.6 Å². The van der Waals surface area contributed by atoms with Crippen LogP contribution in [0.2, 0.25) is 0 Å². The number of carbonyl (C=O) groups excluding carboxylic acids is 4. The van der Waals surface area contributed by atoms with Crippen LogP contribution in [-0.2, 0) is 25.7 Å². The average Bonchev–Trinajstić information content (AvgIpc) is 4.00. The molecule has 4 heterocycles. The maximum atomic E-state index is 13.5. The maximum absolute atomic E-state index is 13.5. The summed E-state index contributed by atoms with van der Waals surface area (Å²) < 4.78 is 15.6. The van der Waals surface area contributed by atoms with Gasteiger partial charge in [0.05, 0.1) is 49.2 Å². The summed E-state index contributed by atoms with van der Waals surface area (Å²) in [4.78, 5) is 70.8. The van der Waals surface area contributed by atoms with E-state index in [9.17, 15) is 19.2 Å². The Kier molecular flexibility index (Phi) is 11.7. The van der Waals surface area contributed by atoms with Crippen molar-refractivity contribution in [2.75, 3.05) is 27.3 Å². The van der Waals surface area contributed by atoms with Gasteiger partial charge >= 0.3 is 12.2 Å². The number of aromatic nitrogens is 4. The van der Waals surface area contributed by atoms with Gasteiger partial charge in [-0.1, -0.05) is 33.8 Å². The highest BCUT2D eigenvalue weighted by Crippen LogP contribution is 2.34. The van der Waals surface area contributed by atoms with E-state index in [0.29, 0.717) is 31.3 Å². The molecule has 4 N–H and O–H groups in total. The number of methoxy groups -OCH3 is 2. The second kappa shape index (κ2) is 16.6. The largest absolute Gasteiger partial charge is 0.489 e. The van der Waals surface area contributed by atoms with E-state index in [-0.39, 0.29) is 35.7 Å². The van der Waals surface area contributed by atoms with Gasteiger partial charge in [0, 0.05) is 13.1 Å². The summed E-state index contributed by atoms with van der Waals surface area (Å²) in [7, 11) is 2.57. The minimum absolute atomic E-state index is 0.110. The molecule has 2 aliphatic heterocycles. The van der Waals surface area contributed by atoms with E-state index in [4.69, 9.17) is 19.2 Å². The Balaban J connectivity index is 1.08. The SMILES string of the molecule is COC(=O)N[C@H](C(=O)N1CCC[C@H]1c1ncc(-c2ccc(OCc3ccc4nc([C@@H]5CCCN5C(=O)[C@@H](NC(=O)OC)C(C)C)[nH]c4c3)cc2)[nH]1)C(C)C. The highest BCUT2D eigenvalue weighted by atomic mass is 16.5. The van der Waals surface area contributed by atoms with Gasteiger partial charge in [-0.05, 0) is 85.0 Å². The number of fused-ring (bicyclic) bond motifs is 1. The zero-order chi connectivity index (χ0) is 38.5. The Morgan fingerprint density at radius 2 is 1.37 bits per heavy atom. The van der Waals surface area contributed by atoms with Crippen molar-refractivity contribution in [3.8, 4) is 17.0 Å². The van der Waals surface area contributed by atoms with E-state index < -0.39 is 24.3 Å². The number of nitrogens with one attached hydrogen (secondary N) is 4. The van der Waals surface area contributed by atoms with Gasteiger partial charge in [-0.2, -0.15) is 0 Å². The first-order chi connectivity index (χ1) is 26.0. The quantitative estimate of drug-likeness (QED) is 0.143. The van der Waals surface area contributed by atoms with Crippen molar-refractivity contribution in [3.63, 3.8) is 0 Å². The third-order valence-corrected chi connectivity index (χ3v) is 10.2. The number of ether oxygens (including phenoxy) is 3. The molecule has 2 fully saturated rings. The molecule has 0 unspecified atom stereocenters. The van der Waals surface area contributed by atoms with Crippen molar-refractivity contribution >= 4 is 35.0 Å². The summed E-state index contributed by atoms with van der Waals surface area (Å²) in [6.45, 7) is 9.09. The zero-order valence-electron chi connectivity index (χ0n) is 31.7. The number of likely N-dealkylation sites (tertiary alicyclic amines) is 2. The van der Waals surface area contributed by atoms with Gasteiger partial charge in [-0.3, -0.25) is 9.59 Å². The van der Waals surface area contributed by atoms with Crippen LogP contribution >= 0.6 is 0 Å². The number of H-pyrrole nitrogens is 2. The molecule has 2 aromatic carbocycles. The van der Waals surface area contributed by atoms with Crippen LogP contribution < -0.4 is 15.4 Å². The Bertz CT molecular complexity index is 1960. The molecule has 288 valence electrons. The zero-order valence-corrected chi connectivity index (χ0v) is 31.7. The van der Waals surface area contributed by atoms with E-state index in [1.54, 1.807) is 16.0 Å². The van der Waals surface area contributed by atoms with Crippen LogP contribution in [-0.4, -0.2) is 93.1 Å². The van der Waals surface area contributed by atoms with Gasteiger partial charge in [0.1, 0.15) is 36.1 Å². The fourth-order valence-corrected chi connectivity index (χ4v) is 7.26. The predicted molar refractivity (Wildman–Crippen MR) is 200 cm³/mol. The van der Waals surface area contributed by atoms with Gasteiger partial charge in [0.15, 0.2) is 0 Å². The lowest BCUT2D eigenvalue weighted by Crippen LogP contribution is -2.51. The monoisotopic (exact) mass is 742 g/mol. The molecule has 6 rings (SSSR count). The van der Waals surface area contributed by atoms with Gasteiger partial charge in [0.25, 0.3) is 0 Å². The molecule has 2 saturated heterocycles. The number of hydrogen-bond donors (Lipinski definition) is 4. The maximum Gasteiger partial charge on any atom is 0.407 e. The molecule has 0 spiro atoms. The third-order valence-electron chi connectivity index (χ3n) is 10.2. The number of alkyl carbamates (subject to hydrolysis) is 2. The van der Waals surface area contributed by atoms with Crippen LogP contribution in [0.5, 0.6) is 5.75 Å². The summed E-state index contributed by atoms with van der Waals surface area (Å²) in [5.74, 6) is 1.61. The molecule has 54 heavy (non-hydrogen) atoms. The van der Waals surface area contributed by atoms with Gasteiger partial charge in [0.2, 0.25) is 11.8 Å². The molecule has 2 aromatic heterocycles. The van der Waals surface area contributed by atoms with Crippen LogP contribution in [0.3, 0.4) is 0 Å². The number of nitrogens with zero attached hydrogens (tertiary/aromatic N) is 4. The molecule has 15 heteroatoms. The lowest BCUT2D eigenvalue weighted by atomic mass is 10.0. The van der Waals surface area contributed by atoms with Crippen LogP contribution in [0.25, 0.3) is 22.3 Å². The predicted octanol–water partition coefficient (Wildman–Crippen LogP) is 5.62. The number of aromatic amines is 2.